The summed E-state index contributed by atoms with van der Waals surface area (Å²) in [5.74, 6) is -0.881. The number of anilines is 2. The van der Waals surface area contributed by atoms with E-state index in [1.807, 2.05) is 0 Å². The van der Waals surface area contributed by atoms with Crippen LogP contribution in [0.1, 0.15) is 24.5 Å². The van der Waals surface area contributed by atoms with E-state index in [1.165, 1.54) is 22.5 Å². The van der Waals surface area contributed by atoms with Crippen LogP contribution >= 0.6 is 11.6 Å². The van der Waals surface area contributed by atoms with E-state index < -0.39 is 21.7 Å². The van der Waals surface area contributed by atoms with E-state index in [2.05, 4.69) is 5.32 Å². The van der Waals surface area contributed by atoms with Crippen molar-refractivity contribution < 1.29 is 17.6 Å². The molecule has 0 bridgehead atoms. The minimum absolute atomic E-state index is 0.0360. The molecule has 1 aliphatic heterocycles. The van der Waals surface area contributed by atoms with E-state index >= 15 is 0 Å². The molecule has 0 radical (unpaired) electrons. The van der Waals surface area contributed by atoms with E-state index in [-0.39, 0.29) is 22.8 Å². The van der Waals surface area contributed by atoms with Crippen LogP contribution in [0.3, 0.4) is 0 Å². The fourth-order valence-electron chi connectivity index (χ4n) is 3.15. The summed E-state index contributed by atoms with van der Waals surface area (Å²) in [5.41, 5.74) is 2.20. The number of carbonyl (C=O) groups excluding carboxylic acids is 1. The summed E-state index contributed by atoms with van der Waals surface area (Å²) < 4.78 is 39.8. The highest BCUT2D eigenvalue weighted by Gasteiger charge is 2.26. The van der Waals surface area contributed by atoms with E-state index in [9.17, 15) is 17.6 Å². The van der Waals surface area contributed by atoms with Crippen molar-refractivity contribution in [2.45, 2.75) is 26.2 Å². The fraction of sp³-hybridized carbons (Fsp3) is 0.316. The molecular weight excluding hydrogens is 391 g/mol. The maximum absolute atomic E-state index is 13.8. The van der Waals surface area contributed by atoms with Gasteiger partial charge in [0, 0.05) is 22.8 Å². The molecule has 3 rings (SSSR count). The largest absolute Gasteiger partial charge is 0.326 e. The van der Waals surface area contributed by atoms with Gasteiger partial charge in [0.1, 0.15) is 5.82 Å². The zero-order valence-electron chi connectivity index (χ0n) is 14.8. The summed E-state index contributed by atoms with van der Waals surface area (Å²) >= 11 is 5.96. The Balaban J connectivity index is 1.78. The topological polar surface area (TPSA) is 66.5 Å². The van der Waals surface area contributed by atoms with Crippen molar-refractivity contribution in [2.75, 3.05) is 21.9 Å². The van der Waals surface area contributed by atoms with Gasteiger partial charge in [-0.3, -0.25) is 9.10 Å². The maximum Gasteiger partial charge on any atom is 0.234 e. The van der Waals surface area contributed by atoms with Crippen LogP contribution in [0.15, 0.2) is 36.4 Å². The van der Waals surface area contributed by atoms with Gasteiger partial charge in [-0.25, -0.2) is 12.8 Å². The highest BCUT2D eigenvalue weighted by Crippen LogP contribution is 2.32. The summed E-state index contributed by atoms with van der Waals surface area (Å²) in [4.78, 5) is 12.3. The molecular formula is C19H20ClFN2O3S. The second-order valence-corrected chi connectivity index (χ2v) is 8.93. The third kappa shape index (κ3) is 4.25. The lowest BCUT2D eigenvalue weighted by atomic mass is 10.0. The zero-order chi connectivity index (χ0) is 19.6. The van der Waals surface area contributed by atoms with Gasteiger partial charge in [0.2, 0.25) is 15.9 Å². The Labute approximate surface area is 163 Å². The first-order valence-electron chi connectivity index (χ1n) is 8.68. The van der Waals surface area contributed by atoms with Crippen molar-refractivity contribution in [3.63, 3.8) is 0 Å². The fourth-order valence-corrected chi connectivity index (χ4v) is 4.58. The summed E-state index contributed by atoms with van der Waals surface area (Å²) in [7, 11) is -3.33. The maximum atomic E-state index is 13.8. The third-order valence-electron chi connectivity index (χ3n) is 4.54. The molecule has 0 spiro atoms. The molecule has 2 aromatic rings. The predicted octanol–water partition coefficient (Wildman–Crippen LogP) is 3.76. The first kappa shape index (κ1) is 19.6. The van der Waals surface area contributed by atoms with Crippen molar-refractivity contribution in [3.8, 4) is 0 Å². The van der Waals surface area contributed by atoms with Crippen LogP contribution < -0.4 is 9.62 Å². The molecule has 8 heteroatoms. The van der Waals surface area contributed by atoms with E-state index in [0.717, 1.165) is 12.0 Å². The van der Waals surface area contributed by atoms with Gasteiger partial charge in [-0.1, -0.05) is 17.7 Å². The molecule has 1 N–H and O–H groups in total. The SMILES string of the molecule is CCS(=O)(=O)N1CCCc2cc(NC(=O)Cc3c(F)cccc3Cl)ccc21. The molecule has 1 amide bonds. The number of nitrogens with zero attached hydrogens (tertiary/aromatic N) is 1. The van der Waals surface area contributed by atoms with Crippen molar-refractivity contribution in [1.82, 2.24) is 0 Å². The minimum atomic E-state index is -3.33. The van der Waals surface area contributed by atoms with Crippen LogP contribution in [0.2, 0.25) is 5.02 Å². The molecule has 144 valence electrons. The van der Waals surface area contributed by atoms with E-state index in [0.29, 0.717) is 24.3 Å². The number of hydrogen-bond donors (Lipinski definition) is 1. The molecule has 5 nitrogen and oxygen atoms in total. The second kappa shape index (κ2) is 7.86. The zero-order valence-corrected chi connectivity index (χ0v) is 16.4. The molecule has 1 aliphatic rings. The average molecular weight is 411 g/mol. The monoisotopic (exact) mass is 410 g/mol. The lowest BCUT2D eigenvalue weighted by molar-refractivity contribution is -0.115. The summed E-state index contributed by atoms with van der Waals surface area (Å²) in [6, 6.07) is 9.41. The van der Waals surface area contributed by atoms with E-state index in [1.54, 1.807) is 25.1 Å². The number of benzene rings is 2. The number of aryl methyl sites for hydroxylation is 1. The van der Waals surface area contributed by atoms with Gasteiger partial charge in [-0.15, -0.1) is 0 Å². The molecule has 1 heterocycles. The highest BCUT2D eigenvalue weighted by molar-refractivity contribution is 7.92. The Bertz CT molecular complexity index is 959. The van der Waals surface area contributed by atoms with Crippen LogP contribution in [0.4, 0.5) is 15.8 Å². The van der Waals surface area contributed by atoms with Gasteiger partial charge in [-0.05, 0) is 55.7 Å². The molecule has 0 fully saturated rings. The summed E-state index contributed by atoms with van der Waals surface area (Å²) in [6.45, 7) is 2.08. The van der Waals surface area contributed by atoms with Gasteiger partial charge < -0.3 is 5.32 Å². The quantitative estimate of drug-likeness (QED) is 0.816. The lowest BCUT2D eigenvalue weighted by Crippen LogP contribution is -2.36. The normalized spacial score (nSPS) is 14.0. The highest BCUT2D eigenvalue weighted by atomic mass is 35.5. The van der Waals surface area contributed by atoms with Crippen LogP contribution in [-0.2, 0) is 27.7 Å². The number of carbonyl (C=O) groups is 1. The predicted molar refractivity (Wildman–Crippen MR) is 105 cm³/mol. The molecule has 0 unspecified atom stereocenters. The van der Waals surface area contributed by atoms with Crippen molar-refractivity contribution in [2.24, 2.45) is 0 Å². The third-order valence-corrected chi connectivity index (χ3v) is 6.67. The second-order valence-electron chi connectivity index (χ2n) is 6.34. The summed E-state index contributed by atoms with van der Waals surface area (Å²) in [6.07, 6.45) is 1.27. The van der Waals surface area contributed by atoms with Crippen molar-refractivity contribution in [1.29, 1.82) is 0 Å². The number of halogens is 2. The number of fused-ring (bicyclic) bond motifs is 1. The first-order chi connectivity index (χ1) is 12.8. The van der Waals surface area contributed by atoms with Crippen LogP contribution in [0.25, 0.3) is 0 Å². The molecule has 0 aliphatic carbocycles. The Morgan fingerprint density at radius 3 is 2.78 bits per heavy atom. The van der Waals surface area contributed by atoms with Gasteiger partial charge in [0.05, 0.1) is 17.9 Å². The molecule has 0 atom stereocenters. The van der Waals surface area contributed by atoms with Gasteiger partial charge in [-0.2, -0.15) is 0 Å². The Morgan fingerprint density at radius 2 is 2.07 bits per heavy atom. The van der Waals surface area contributed by atoms with Crippen LogP contribution in [0, 0.1) is 5.82 Å². The number of hydrogen-bond acceptors (Lipinski definition) is 3. The van der Waals surface area contributed by atoms with Crippen LogP contribution in [0.5, 0.6) is 0 Å². The van der Waals surface area contributed by atoms with Gasteiger partial charge >= 0.3 is 0 Å². The Morgan fingerprint density at radius 1 is 1.30 bits per heavy atom. The Kier molecular flexibility index (Phi) is 5.72. The van der Waals surface area contributed by atoms with Gasteiger partial charge in [0.25, 0.3) is 0 Å². The summed E-state index contributed by atoms with van der Waals surface area (Å²) in [5, 5.41) is 2.93. The first-order valence-corrected chi connectivity index (χ1v) is 10.7. The average Bonchev–Trinajstić information content (AvgIpc) is 2.64. The van der Waals surface area contributed by atoms with Crippen molar-refractivity contribution >= 4 is 38.9 Å². The van der Waals surface area contributed by atoms with Crippen molar-refractivity contribution in [3.05, 3.63) is 58.4 Å². The number of nitrogens with one attached hydrogen (secondary N) is 1. The molecule has 0 saturated carbocycles. The Hall–Kier alpha value is -2.12. The number of sulfonamides is 1. The molecule has 0 aromatic heterocycles. The van der Waals surface area contributed by atoms with E-state index in [4.69, 9.17) is 11.6 Å². The standard InChI is InChI=1S/C19H20ClFN2O3S/c1-2-27(25,26)23-10-4-5-13-11-14(8-9-18(13)23)22-19(24)12-15-16(20)6-3-7-17(15)21/h3,6-9,11H,2,4-5,10,12H2,1H3,(H,22,24). The minimum Gasteiger partial charge on any atom is -0.326 e. The molecule has 2 aromatic carbocycles. The molecule has 0 saturated heterocycles. The number of rotatable bonds is 5. The smallest absolute Gasteiger partial charge is 0.234 e. The molecule has 27 heavy (non-hydrogen) atoms. The lowest BCUT2D eigenvalue weighted by Gasteiger charge is -2.30. The van der Waals surface area contributed by atoms with Crippen LogP contribution in [-0.4, -0.2) is 26.6 Å². The van der Waals surface area contributed by atoms with Gasteiger partial charge in [0.15, 0.2) is 0 Å². The number of amides is 1.